The largest absolute Gasteiger partial charge is 2.00 e. The van der Waals surface area contributed by atoms with E-state index in [0.29, 0.717) is 0 Å². The van der Waals surface area contributed by atoms with Crippen molar-refractivity contribution in [3.05, 3.63) is 48.1 Å². The second kappa shape index (κ2) is 8.19. The van der Waals surface area contributed by atoms with Gasteiger partial charge in [-0.1, -0.05) is 13.3 Å². The zero-order chi connectivity index (χ0) is 8.65. The van der Waals surface area contributed by atoms with E-state index in [4.69, 9.17) is 0 Å². The Hall–Kier alpha value is -0.417. The van der Waals surface area contributed by atoms with Gasteiger partial charge in [0.1, 0.15) is 0 Å². The van der Waals surface area contributed by atoms with Crippen molar-refractivity contribution in [3.8, 4) is 0 Å². The van der Waals surface area contributed by atoms with Gasteiger partial charge >= 0.3 is 19.5 Å². The second-order valence-corrected chi connectivity index (χ2v) is 2.67. The van der Waals surface area contributed by atoms with E-state index in [1.807, 2.05) is 12.2 Å². The van der Waals surface area contributed by atoms with Crippen LogP contribution >= 0.6 is 0 Å². The Labute approximate surface area is 93.9 Å². The Morgan fingerprint density at radius 1 is 1.31 bits per heavy atom. The molecule has 0 amide bonds. The molecular weight excluding hydrogens is 245 g/mol. The summed E-state index contributed by atoms with van der Waals surface area (Å²) in [6, 6.07) is 0. The van der Waals surface area contributed by atoms with Gasteiger partial charge in [-0.25, -0.2) is 23.8 Å². The Morgan fingerprint density at radius 3 is 2.38 bits per heavy atom. The van der Waals surface area contributed by atoms with Crippen molar-refractivity contribution in [2.24, 2.45) is 0 Å². The molecule has 2 aliphatic rings. The fraction of sp³-hybridized carbons (Fsp3) is 0.333. The van der Waals surface area contributed by atoms with Gasteiger partial charge in [0.15, 0.2) is 0 Å². The molecule has 0 saturated heterocycles. The van der Waals surface area contributed by atoms with Crippen LogP contribution in [0.4, 0.5) is 0 Å². The van der Waals surface area contributed by atoms with Crippen LogP contribution in [0.5, 0.6) is 0 Å². The van der Waals surface area contributed by atoms with Gasteiger partial charge in [0.2, 0.25) is 0 Å². The summed E-state index contributed by atoms with van der Waals surface area (Å²) in [5.74, 6) is 0. The molecule has 0 radical (unpaired) electrons. The quantitative estimate of drug-likeness (QED) is 0.500. The monoisotopic (exact) mass is 260 g/mol. The summed E-state index contributed by atoms with van der Waals surface area (Å²) in [5, 5.41) is 0. The van der Waals surface area contributed by atoms with E-state index in [2.05, 4.69) is 37.3 Å². The van der Waals surface area contributed by atoms with Gasteiger partial charge in [-0.15, -0.1) is 12.8 Å². The molecule has 0 heterocycles. The van der Waals surface area contributed by atoms with Crippen LogP contribution < -0.4 is 0 Å². The molecule has 0 unspecified atom stereocenters. The molecular formula is C12H14Ru. The number of allylic oxidation sites excluding steroid dienone is 8. The Kier molecular flexibility index (Phi) is 7.93. The van der Waals surface area contributed by atoms with Crippen molar-refractivity contribution < 1.29 is 19.5 Å². The molecule has 0 aromatic rings. The van der Waals surface area contributed by atoms with Crippen LogP contribution in [0.15, 0.2) is 36.0 Å². The summed E-state index contributed by atoms with van der Waals surface area (Å²) in [5.41, 5.74) is 1.36. The van der Waals surface area contributed by atoms with Crippen molar-refractivity contribution in [2.75, 3.05) is 0 Å². The van der Waals surface area contributed by atoms with Crippen LogP contribution in [0, 0.1) is 12.2 Å². The van der Waals surface area contributed by atoms with Crippen LogP contribution in [-0.2, 0) is 19.5 Å². The van der Waals surface area contributed by atoms with E-state index in [1.54, 1.807) is 0 Å². The first kappa shape index (κ1) is 12.6. The summed E-state index contributed by atoms with van der Waals surface area (Å²) in [6.07, 6.45) is 19.7. The fourth-order valence-electron chi connectivity index (χ4n) is 1.03. The smallest absolute Gasteiger partial charge is 0.273 e. The summed E-state index contributed by atoms with van der Waals surface area (Å²) in [7, 11) is 0. The van der Waals surface area contributed by atoms with Crippen LogP contribution in [0.2, 0.25) is 0 Å². The average molecular weight is 259 g/mol. The molecule has 1 heteroatoms. The normalized spacial score (nSPS) is 16.2. The molecule has 70 valence electrons. The molecule has 0 saturated carbocycles. The van der Waals surface area contributed by atoms with Crippen LogP contribution in [0.25, 0.3) is 0 Å². The molecule has 0 bridgehead atoms. The first-order valence-corrected chi connectivity index (χ1v) is 4.41. The minimum absolute atomic E-state index is 0. The summed E-state index contributed by atoms with van der Waals surface area (Å²) < 4.78 is 0. The van der Waals surface area contributed by atoms with E-state index in [-0.39, 0.29) is 19.5 Å². The van der Waals surface area contributed by atoms with Crippen molar-refractivity contribution in [3.63, 3.8) is 0 Å². The van der Waals surface area contributed by atoms with Crippen LogP contribution in [0.1, 0.15) is 26.2 Å². The zero-order valence-electron chi connectivity index (χ0n) is 7.86. The summed E-state index contributed by atoms with van der Waals surface area (Å²) in [4.78, 5) is 0. The van der Waals surface area contributed by atoms with E-state index in [0.717, 1.165) is 19.3 Å². The standard InChI is InChI=1S/C7H9.C5H5.Ru/c1-2-7-5-3-4-6-7;1-2-4-5-3-1;/h3,5H,2,4H2,1H3;1-3H,4H2;/q2*-1;+2. The Morgan fingerprint density at radius 2 is 2.15 bits per heavy atom. The molecule has 0 N–H and O–H groups in total. The predicted molar refractivity (Wildman–Crippen MR) is 52.4 cm³/mol. The molecule has 0 spiro atoms. The second-order valence-electron chi connectivity index (χ2n) is 2.67. The average Bonchev–Trinajstić information content (AvgIpc) is 2.81. The van der Waals surface area contributed by atoms with Gasteiger partial charge in [-0.3, -0.25) is 12.2 Å². The molecule has 2 rings (SSSR count). The maximum atomic E-state index is 3.21. The number of hydrogen-bond donors (Lipinski definition) is 0. The third-order valence-corrected chi connectivity index (χ3v) is 1.73. The van der Waals surface area contributed by atoms with E-state index >= 15 is 0 Å². The summed E-state index contributed by atoms with van der Waals surface area (Å²) >= 11 is 0. The van der Waals surface area contributed by atoms with Crippen molar-refractivity contribution in [1.29, 1.82) is 0 Å². The molecule has 0 fully saturated rings. The topological polar surface area (TPSA) is 0 Å². The molecule has 0 aliphatic heterocycles. The molecule has 0 aromatic carbocycles. The van der Waals surface area contributed by atoms with Crippen molar-refractivity contribution in [2.45, 2.75) is 26.2 Å². The molecule has 0 aromatic heterocycles. The minimum Gasteiger partial charge on any atom is -0.273 e. The van der Waals surface area contributed by atoms with Gasteiger partial charge in [0.05, 0.1) is 0 Å². The van der Waals surface area contributed by atoms with Gasteiger partial charge in [-0.05, 0) is 0 Å². The van der Waals surface area contributed by atoms with Crippen molar-refractivity contribution >= 4 is 0 Å². The van der Waals surface area contributed by atoms with Gasteiger partial charge in [0, 0.05) is 0 Å². The maximum absolute atomic E-state index is 3.21. The van der Waals surface area contributed by atoms with Crippen LogP contribution in [-0.4, -0.2) is 0 Å². The first-order chi connectivity index (χ1) is 5.93. The van der Waals surface area contributed by atoms with E-state index in [1.165, 1.54) is 5.57 Å². The minimum atomic E-state index is 0. The van der Waals surface area contributed by atoms with Gasteiger partial charge in [-0.2, -0.15) is 12.2 Å². The number of rotatable bonds is 1. The predicted octanol–water partition coefficient (Wildman–Crippen LogP) is 3.39. The molecule has 0 nitrogen and oxygen atoms in total. The fourth-order valence-corrected chi connectivity index (χ4v) is 1.03. The Bertz CT molecular complexity index is 222. The third kappa shape index (κ3) is 5.77. The maximum Gasteiger partial charge on any atom is 2.00 e. The van der Waals surface area contributed by atoms with E-state index < -0.39 is 0 Å². The van der Waals surface area contributed by atoms with Crippen LogP contribution in [0.3, 0.4) is 0 Å². The SMILES string of the molecule is CCC1=[C-]CC=C1.[C-]1=CC=CC1.[Ru+2]. The zero-order valence-corrected chi connectivity index (χ0v) is 9.60. The Balaban J connectivity index is 0.000000215. The molecule has 13 heavy (non-hydrogen) atoms. The van der Waals surface area contributed by atoms with Gasteiger partial charge < -0.3 is 0 Å². The first-order valence-electron chi connectivity index (χ1n) is 4.41. The third-order valence-electron chi connectivity index (χ3n) is 1.73. The van der Waals surface area contributed by atoms with E-state index in [9.17, 15) is 0 Å². The van der Waals surface area contributed by atoms with Gasteiger partial charge in [0.25, 0.3) is 0 Å². The molecule has 0 atom stereocenters. The van der Waals surface area contributed by atoms with Crippen molar-refractivity contribution in [1.82, 2.24) is 0 Å². The summed E-state index contributed by atoms with van der Waals surface area (Å²) in [6.45, 7) is 2.15. The molecule has 2 aliphatic carbocycles. The number of hydrogen-bond acceptors (Lipinski definition) is 0.